The topological polar surface area (TPSA) is 60.7 Å². The third-order valence-corrected chi connectivity index (χ3v) is 1.89. The molecule has 6 heteroatoms. The molecule has 0 saturated carbocycles. The molecule has 0 bridgehead atoms. The Morgan fingerprint density at radius 1 is 1.47 bits per heavy atom. The minimum Gasteiger partial charge on any atom is -0.294 e. The van der Waals surface area contributed by atoms with E-state index >= 15 is 0 Å². The van der Waals surface area contributed by atoms with Crippen LogP contribution in [0.1, 0.15) is 17.3 Å². The second-order valence-corrected chi connectivity index (χ2v) is 2.90. The lowest BCUT2D eigenvalue weighted by Crippen LogP contribution is -2.07. The average Bonchev–Trinajstić information content (AvgIpc) is 2.70. The number of hydrogen-bond donors (Lipinski definition) is 0. The zero-order valence-electron chi connectivity index (χ0n) is 7.88. The van der Waals surface area contributed by atoms with Gasteiger partial charge in [0.15, 0.2) is 17.4 Å². The van der Waals surface area contributed by atoms with Crippen LogP contribution in [-0.2, 0) is 0 Å². The van der Waals surface area contributed by atoms with Crippen LogP contribution < -0.4 is 0 Å². The minimum atomic E-state index is -0.685. The van der Waals surface area contributed by atoms with Crippen LogP contribution in [0.4, 0.5) is 4.39 Å². The van der Waals surface area contributed by atoms with E-state index < -0.39 is 5.82 Å². The van der Waals surface area contributed by atoms with Gasteiger partial charge in [-0.05, 0) is 13.0 Å². The number of aromatic nitrogens is 4. The molecule has 15 heavy (non-hydrogen) atoms. The van der Waals surface area contributed by atoms with Crippen LogP contribution in [0.15, 0.2) is 24.7 Å². The van der Waals surface area contributed by atoms with Crippen molar-refractivity contribution in [2.24, 2.45) is 0 Å². The van der Waals surface area contributed by atoms with Crippen molar-refractivity contribution < 1.29 is 9.18 Å². The normalized spacial score (nSPS) is 10.3. The zero-order valence-corrected chi connectivity index (χ0v) is 7.88. The van der Waals surface area contributed by atoms with E-state index in [0.717, 1.165) is 0 Å². The number of carbonyl (C=O) groups excluding carboxylic acids is 1. The Balaban J connectivity index is 2.59. The molecule has 0 spiro atoms. The van der Waals surface area contributed by atoms with Crippen LogP contribution in [0.2, 0.25) is 0 Å². The highest BCUT2D eigenvalue weighted by Gasteiger charge is 2.14. The maximum Gasteiger partial charge on any atom is 0.191 e. The maximum atomic E-state index is 13.7. The van der Waals surface area contributed by atoms with Gasteiger partial charge in [0.05, 0.1) is 18.0 Å². The first-order valence-corrected chi connectivity index (χ1v) is 4.22. The SMILES string of the molecule is CC(=O)c1ccnc(-n2ccnn2)c1F. The van der Waals surface area contributed by atoms with Gasteiger partial charge < -0.3 is 0 Å². The number of nitrogens with zero attached hydrogens (tertiary/aromatic N) is 4. The summed E-state index contributed by atoms with van der Waals surface area (Å²) in [7, 11) is 0. The van der Waals surface area contributed by atoms with Crippen molar-refractivity contribution in [3.63, 3.8) is 0 Å². The molecule has 0 aliphatic heterocycles. The van der Waals surface area contributed by atoms with Crippen LogP contribution in [-0.4, -0.2) is 25.8 Å². The van der Waals surface area contributed by atoms with Gasteiger partial charge in [0.25, 0.3) is 0 Å². The molecule has 0 amide bonds. The molecule has 5 nitrogen and oxygen atoms in total. The first-order chi connectivity index (χ1) is 7.20. The predicted octanol–water partition coefficient (Wildman–Crippen LogP) is 1.00. The van der Waals surface area contributed by atoms with Gasteiger partial charge in [-0.1, -0.05) is 5.21 Å². The van der Waals surface area contributed by atoms with Gasteiger partial charge in [0.2, 0.25) is 0 Å². The largest absolute Gasteiger partial charge is 0.294 e. The van der Waals surface area contributed by atoms with E-state index in [4.69, 9.17) is 0 Å². The van der Waals surface area contributed by atoms with E-state index in [9.17, 15) is 9.18 Å². The average molecular weight is 206 g/mol. The number of halogens is 1. The fourth-order valence-electron chi connectivity index (χ4n) is 1.19. The second kappa shape index (κ2) is 3.56. The Labute approximate surface area is 84.6 Å². The van der Waals surface area contributed by atoms with Crippen molar-refractivity contribution in [2.45, 2.75) is 6.92 Å². The monoisotopic (exact) mass is 206 g/mol. The number of pyridine rings is 1. The molecule has 0 aliphatic rings. The summed E-state index contributed by atoms with van der Waals surface area (Å²) < 4.78 is 14.9. The lowest BCUT2D eigenvalue weighted by atomic mass is 10.2. The van der Waals surface area contributed by atoms with Gasteiger partial charge in [0, 0.05) is 6.20 Å². The van der Waals surface area contributed by atoms with Gasteiger partial charge in [-0.2, -0.15) is 4.68 Å². The standard InChI is InChI=1S/C9H7FN4O/c1-6(15)7-2-3-11-9(8(7)10)14-5-4-12-13-14/h2-5H,1H3. The molecule has 0 aromatic carbocycles. The van der Waals surface area contributed by atoms with Crippen LogP contribution in [0.25, 0.3) is 5.82 Å². The van der Waals surface area contributed by atoms with Crippen LogP contribution in [0, 0.1) is 5.82 Å². The molecule has 2 heterocycles. The quantitative estimate of drug-likeness (QED) is 0.688. The van der Waals surface area contributed by atoms with Gasteiger partial charge in [-0.25, -0.2) is 9.37 Å². The number of carbonyl (C=O) groups is 1. The molecule has 0 aliphatic carbocycles. The smallest absolute Gasteiger partial charge is 0.191 e. The Kier molecular flexibility index (Phi) is 2.24. The molecule has 0 saturated heterocycles. The molecule has 76 valence electrons. The van der Waals surface area contributed by atoms with Crippen LogP contribution >= 0.6 is 0 Å². The van der Waals surface area contributed by atoms with E-state index in [-0.39, 0.29) is 17.2 Å². The number of hydrogen-bond acceptors (Lipinski definition) is 4. The molecule has 0 N–H and O–H groups in total. The molecular formula is C9H7FN4O. The molecule has 2 rings (SSSR count). The summed E-state index contributed by atoms with van der Waals surface area (Å²) in [5, 5.41) is 7.14. The van der Waals surface area contributed by atoms with Crippen molar-refractivity contribution >= 4 is 5.78 Å². The second-order valence-electron chi connectivity index (χ2n) is 2.90. The molecule has 0 fully saturated rings. The van der Waals surface area contributed by atoms with Crippen molar-refractivity contribution in [1.29, 1.82) is 0 Å². The fourth-order valence-corrected chi connectivity index (χ4v) is 1.19. The maximum absolute atomic E-state index is 13.7. The third kappa shape index (κ3) is 1.61. The molecule has 2 aromatic rings. The Hall–Kier alpha value is -2.11. The summed E-state index contributed by atoms with van der Waals surface area (Å²) >= 11 is 0. The van der Waals surface area contributed by atoms with Crippen molar-refractivity contribution in [3.05, 3.63) is 36.0 Å². The fraction of sp³-hybridized carbons (Fsp3) is 0.111. The number of Topliss-reactive ketones (excluding diaryl/α,β-unsaturated/α-hetero) is 1. The number of ketones is 1. The van der Waals surface area contributed by atoms with Crippen molar-refractivity contribution in [2.75, 3.05) is 0 Å². The van der Waals surface area contributed by atoms with E-state index in [1.165, 1.54) is 36.3 Å². The molecule has 0 unspecified atom stereocenters. The highest BCUT2D eigenvalue weighted by Crippen LogP contribution is 2.13. The lowest BCUT2D eigenvalue weighted by molar-refractivity contribution is 0.101. The Bertz CT molecular complexity index is 495. The summed E-state index contributed by atoms with van der Waals surface area (Å²) in [6.45, 7) is 1.30. The highest BCUT2D eigenvalue weighted by atomic mass is 19.1. The highest BCUT2D eigenvalue weighted by molar-refractivity contribution is 5.94. The van der Waals surface area contributed by atoms with Crippen molar-refractivity contribution in [3.8, 4) is 5.82 Å². The van der Waals surface area contributed by atoms with Gasteiger partial charge in [-0.15, -0.1) is 5.10 Å². The van der Waals surface area contributed by atoms with Crippen molar-refractivity contribution in [1.82, 2.24) is 20.0 Å². The summed E-state index contributed by atoms with van der Waals surface area (Å²) in [4.78, 5) is 14.9. The summed E-state index contributed by atoms with van der Waals surface area (Å²) in [6, 6.07) is 1.33. The number of rotatable bonds is 2. The predicted molar refractivity (Wildman–Crippen MR) is 49.1 cm³/mol. The van der Waals surface area contributed by atoms with Gasteiger partial charge in [0.1, 0.15) is 0 Å². The molecule has 2 aromatic heterocycles. The van der Waals surface area contributed by atoms with E-state index in [1.54, 1.807) is 0 Å². The van der Waals surface area contributed by atoms with Gasteiger partial charge in [-0.3, -0.25) is 4.79 Å². The molecular weight excluding hydrogens is 199 g/mol. The Morgan fingerprint density at radius 2 is 2.27 bits per heavy atom. The Morgan fingerprint density at radius 3 is 2.87 bits per heavy atom. The summed E-state index contributed by atoms with van der Waals surface area (Å²) in [6.07, 6.45) is 4.22. The van der Waals surface area contributed by atoms with Crippen LogP contribution in [0.5, 0.6) is 0 Å². The lowest BCUT2D eigenvalue weighted by Gasteiger charge is -2.03. The first-order valence-electron chi connectivity index (χ1n) is 4.22. The summed E-state index contributed by atoms with van der Waals surface area (Å²) in [5.74, 6) is -1.06. The van der Waals surface area contributed by atoms with E-state index in [2.05, 4.69) is 15.3 Å². The first kappa shape index (κ1) is 9.45. The van der Waals surface area contributed by atoms with Gasteiger partial charge >= 0.3 is 0 Å². The molecule has 0 atom stereocenters. The third-order valence-electron chi connectivity index (χ3n) is 1.89. The summed E-state index contributed by atoms with van der Waals surface area (Å²) in [5.41, 5.74) is -0.00417. The zero-order chi connectivity index (χ0) is 10.8. The molecule has 0 radical (unpaired) electrons. The van der Waals surface area contributed by atoms with E-state index in [1.807, 2.05) is 0 Å². The van der Waals surface area contributed by atoms with Crippen LogP contribution in [0.3, 0.4) is 0 Å². The van der Waals surface area contributed by atoms with E-state index in [0.29, 0.717) is 0 Å². The minimum absolute atomic E-state index is 0.00417.